The van der Waals surface area contributed by atoms with E-state index < -0.39 is 0 Å². The van der Waals surface area contributed by atoms with E-state index in [1.807, 2.05) is 0 Å². The minimum atomic E-state index is 0.746. The summed E-state index contributed by atoms with van der Waals surface area (Å²) in [5.74, 6) is 0.746. The zero-order chi connectivity index (χ0) is 9.36. The molecule has 2 N–H and O–H groups in total. The summed E-state index contributed by atoms with van der Waals surface area (Å²) in [6, 6.07) is 0. The maximum Gasteiger partial charge on any atom is 0.0506 e. The van der Waals surface area contributed by atoms with Crippen molar-refractivity contribution >= 4 is 0 Å². The van der Waals surface area contributed by atoms with E-state index in [0.717, 1.165) is 45.3 Å². The highest BCUT2D eigenvalue weighted by Gasteiger charge is 2.12. The SMILES string of the molecule is CCNCCNCC1CCCOC1. The quantitative estimate of drug-likeness (QED) is 0.596. The number of hydrogen-bond donors (Lipinski definition) is 2. The Bertz CT molecular complexity index is 113. The normalized spacial score (nSPS) is 23.3. The van der Waals surface area contributed by atoms with Gasteiger partial charge in [-0.3, -0.25) is 0 Å². The number of ether oxygens (including phenoxy) is 1. The first kappa shape index (κ1) is 11.0. The lowest BCUT2D eigenvalue weighted by Gasteiger charge is -2.22. The molecule has 0 bridgehead atoms. The van der Waals surface area contributed by atoms with Crippen molar-refractivity contribution in [2.75, 3.05) is 39.4 Å². The second kappa shape index (κ2) is 7.30. The Kier molecular flexibility index (Phi) is 6.15. The van der Waals surface area contributed by atoms with Crippen molar-refractivity contribution in [3.8, 4) is 0 Å². The number of rotatable bonds is 6. The van der Waals surface area contributed by atoms with Crippen LogP contribution in [0.2, 0.25) is 0 Å². The van der Waals surface area contributed by atoms with Gasteiger partial charge in [-0.05, 0) is 25.3 Å². The van der Waals surface area contributed by atoms with Crippen LogP contribution in [0.1, 0.15) is 19.8 Å². The summed E-state index contributed by atoms with van der Waals surface area (Å²) in [6.07, 6.45) is 2.56. The van der Waals surface area contributed by atoms with Crippen molar-refractivity contribution in [2.45, 2.75) is 19.8 Å². The van der Waals surface area contributed by atoms with Gasteiger partial charge in [-0.2, -0.15) is 0 Å². The highest BCUT2D eigenvalue weighted by molar-refractivity contribution is 4.65. The Hall–Kier alpha value is -0.120. The second-order valence-electron chi connectivity index (χ2n) is 3.64. The van der Waals surface area contributed by atoms with Gasteiger partial charge in [-0.25, -0.2) is 0 Å². The first-order valence-electron chi connectivity index (χ1n) is 5.42. The third-order valence-corrected chi connectivity index (χ3v) is 2.42. The van der Waals surface area contributed by atoms with Crippen molar-refractivity contribution in [1.29, 1.82) is 0 Å². The average molecular weight is 186 g/mol. The Labute approximate surface area is 81.2 Å². The average Bonchev–Trinajstić information content (AvgIpc) is 2.19. The summed E-state index contributed by atoms with van der Waals surface area (Å²) >= 11 is 0. The lowest BCUT2D eigenvalue weighted by molar-refractivity contribution is 0.0550. The van der Waals surface area contributed by atoms with Gasteiger partial charge in [0.1, 0.15) is 0 Å². The van der Waals surface area contributed by atoms with Crippen LogP contribution in [0.25, 0.3) is 0 Å². The van der Waals surface area contributed by atoms with Crippen LogP contribution in [0.15, 0.2) is 0 Å². The van der Waals surface area contributed by atoms with E-state index >= 15 is 0 Å². The fourth-order valence-corrected chi connectivity index (χ4v) is 1.63. The first-order valence-corrected chi connectivity index (χ1v) is 5.42. The van der Waals surface area contributed by atoms with E-state index in [0.29, 0.717) is 0 Å². The molecule has 13 heavy (non-hydrogen) atoms. The lowest BCUT2D eigenvalue weighted by Crippen LogP contribution is -2.33. The molecule has 0 aliphatic carbocycles. The molecule has 0 aromatic rings. The monoisotopic (exact) mass is 186 g/mol. The molecule has 78 valence electrons. The third-order valence-electron chi connectivity index (χ3n) is 2.42. The lowest BCUT2D eigenvalue weighted by atomic mass is 10.0. The van der Waals surface area contributed by atoms with Gasteiger partial charge < -0.3 is 15.4 Å². The molecule has 0 spiro atoms. The third kappa shape index (κ3) is 5.24. The topological polar surface area (TPSA) is 33.3 Å². The molecule has 0 aromatic carbocycles. The maximum absolute atomic E-state index is 5.40. The fourth-order valence-electron chi connectivity index (χ4n) is 1.63. The summed E-state index contributed by atoms with van der Waals surface area (Å²) in [7, 11) is 0. The molecule has 3 nitrogen and oxygen atoms in total. The summed E-state index contributed by atoms with van der Waals surface area (Å²) in [6.45, 7) is 8.38. The summed E-state index contributed by atoms with van der Waals surface area (Å²) < 4.78 is 5.40. The molecular formula is C10H22N2O. The predicted molar refractivity (Wildman–Crippen MR) is 55.0 cm³/mol. The predicted octanol–water partition coefficient (Wildman–Crippen LogP) is 0.612. The van der Waals surface area contributed by atoms with Gasteiger partial charge in [0, 0.05) is 26.2 Å². The van der Waals surface area contributed by atoms with Crippen LogP contribution in [0.3, 0.4) is 0 Å². The summed E-state index contributed by atoms with van der Waals surface area (Å²) in [5, 5.41) is 6.74. The Morgan fingerprint density at radius 2 is 2.15 bits per heavy atom. The highest BCUT2D eigenvalue weighted by atomic mass is 16.5. The van der Waals surface area contributed by atoms with Gasteiger partial charge >= 0.3 is 0 Å². The van der Waals surface area contributed by atoms with E-state index in [9.17, 15) is 0 Å². The number of nitrogens with one attached hydrogen (secondary N) is 2. The van der Waals surface area contributed by atoms with Crippen LogP contribution in [-0.2, 0) is 4.74 Å². The van der Waals surface area contributed by atoms with Crippen molar-refractivity contribution < 1.29 is 4.74 Å². The van der Waals surface area contributed by atoms with Crippen LogP contribution in [0, 0.1) is 5.92 Å². The van der Waals surface area contributed by atoms with E-state index in [4.69, 9.17) is 4.74 Å². The number of likely N-dealkylation sites (N-methyl/N-ethyl adjacent to an activating group) is 1. The van der Waals surface area contributed by atoms with Crippen molar-refractivity contribution in [1.82, 2.24) is 10.6 Å². The van der Waals surface area contributed by atoms with Crippen LogP contribution in [-0.4, -0.2) is 39.4 Å². The smallest absolute Gasteiger partial charge is 0.0506 e. The molecule has 0 aromatic heterocycles. The molecular weight excluding hydrogens is 164 g/mol. The number of hydrogen-bond acceptors (Lipinski definition) is 3. The van der Waals surface area contributed by atoms with Gasteiger partial charge in [0.25, 0.3) is 0 Å². The van der Waals surface area contributed by atoms with E-state index in [-0.39, 0.29) is 0 Å². The molecule has 1 saturated heterocycles. The van der Waals surface area contributed by atoms with E-state index in [2.05, 4.69) is 17.6 Å². The molecule has 0 saturated carbocycles. The van der Waals surface area contributed by atoms with Gasteiger partial charge in [0.2, 0.25) is 0 Å². The molecule has 1 aliphatic heterocycles. The van der Waals surface area contributed by atoms with Crippen LogP contribution in [0.4, 0.5) is 0 Å². The standard InChI is InChI=1S/C10H22N2O/c1-2-11-5-6-12-8-10-4-3-7-13-9-10/h10-12H,2-9H2,1H3. The Morgan fingerprint density at radius 1 is 1.31 bits per heavy atom. The van der Waals surface area contributed by atoms with Gasteiger partial charge in [-0.1, -0.05) is 6.92 Å². The zero-order valence-electron chi connectivity index (χ0n) is 8.64. The fraction of sp³-hybridized carbons (Fsp3) is 1.00. The molecule has 1 atom stereocenters. The molecule has 1 heterocycles. The molecule has 1 fully saturated rings. The largest absolute Gasteiger partial charge is 0.381 e. The van der Waals surface area contributed by atoms with Crippen LogP contribution < -0.4 is 10.6 Å². The molecule has 1 aliphatic rings. The highest BCUT2D eigenvalue weighted by Crippen LogP contribution is 2.11. The van der Waals surface area contributed by atoms with Crippen LogP contribution >= 0.6 is 0 Å². The molecule has 0 radical (unpaired) electrons. The van der Waals surface area contributed by atoms with Gasteiger partial charge in [0.15, 0.2) is 0 Å². The van der Waals surface area contributed by atoms with Crippen molar-refractivity contribution in [3.63, 3.8) is 0 Å². The van der Waals surface area contributed by atoms with Gasteiger partial charge in [-0.15, -0.1) is 0 Å². The maximum atomic E-state index is 5.40. The zero-order valence-corrected chi connectivity index (χ0v) is 8.64. The first-order chi connectivity index (χ1) is 6.43. The molecule has 0 amide bonds. The van der Waals surface area contributed by atoms with Crippen molar-refractivity contribution in [3.05, 3.63) is 0 Å². The minimum absolute atomic E-state index is 0.746. The minimum Gasteiger partial charge on any atom is -0.381 e. The van der Waals surface area contributed by atoms with E-state index in [1.54, 1.807) is 0 Å². The molecule has 1 unspecified atom stereocenters. The summed E-state index contributed by atoms with van der Waals surface area (Å²) in [4.78, 5) is 0. The van der Waals surface area contributed by atoms with Crippen molar-refractivity contribution in [2.24, 2.45) is 5.92 Å². The molecule has 3 heteroatoms. The Balaban J connectivity index is 1.86. The van der Waals surface area contributed by atoms with E-state index in [1.165, 1.54) is 12.8 Å². The summed E-state index contributed by atoms with van der Waals surface area (Å²) in [5.41, 5.74) is 0. The van der Waals surface area contributed by atoms with Gasteiger partial charge in [0.05, 0.1) is 6.61 Å². The molecule has 1 rings (SSSR count). The second-order valence-corrected chi connectivity index (χ2v) is 3.64. The Morgan fingerprint density at radius 3 is 2.85 bits per heavy atom. The van der Waals surface area contributed by atoms with Crippen LogP contribution in [0.5, 0.6) is 0 Å².